The number of nitrogens with zero attached hydrogens (tertiary/aromatic N) is 4. The smallest absolute Gasteiger partial charge is 0.410 e. The van der Waals surface area contributed by atoms with Crippen molar-refractivity contribution in [2.75, 3.05) is 67.1 Å². The highest BCUT2D eigenvalue weighted by molar-refractivity contribution is 7.99. The summed E-state index contributed by atoms with van der Waals surface area (Å²) < 4.78 is 9.96. The Hall–Kier alpha value is -3.05. The van der Waals surface area contributed by atoms with Gasteiger partial charge in [0.2, 0.25) is 0 Å². The first-order valence-corrected chi connectivity index (χ1v) is 18.5. The van der Waals surface area contributed by atoms with Crippen LogP contribution in [0.2, 0.25) is 5.02 Å². The van der Waals surface area contributed by atoms with Crippen molar-refractivity contribution in [3.8, 4) is 0 Å². The minimum absolute atomic E-state index is 0.137. The number of piperidine rings is 1. The van der Waals surface area contributed by atoms with E-state index in [0.717, 1.165) is 65.9 Å². The van der Waals surface area contributed by atoms with Gasteiger partial charge in [-0.3, -0.25) is 4.79 Å². The lowest BCUT2D eigenvalue weighted by Gasteiger charge is -2.35. The first-order chi connectivity index (χ1) is 22.4. The molecule has 0 unspecified atom stereocenters. The Labute approximate surface area is 293 Å². The molecular formula is C36H46ClN5O3S2. The largest absolute Gasteiger partial charge is 0.444 e. The van der Waals surface area contributed by atoms with E-state index in [-0.39, 0.29) is 17.9 Å². The molecule has 0 radical (unpaired) electrons. The molecule has 0 bridgehead atoms. The van der Waals surface area contributed by atoms with Crippen molar-refractivity contribution in [1.29, 1.82) is 0 Å². The number of carbonyl (C=O) groups excluding carboxylic acids is 2. The number of carbonyl (C=O) groups is 2. The van der Waals surface area contributed by atoms with Gasteiger partial charge in [0, 0.05) is 73.9 Å². The number of amides is 2. The highest BCUT2D eigenvalue weighted by atomic mass is 35.5. The summed E-state index contributed by atoms with van der Waals surface area (Å²) in [6.07, 6.45) is 3.39. The van der Waals surface area contributed by atoms with E-state index in [1.54, 1.807) is 28.8 Å². The number of nitrogens with one attached hydrogen (secondary N) is 1. The maximum atomic E-state index is 13.7. The van der Waals surface area contributed by atoms with Gasteiger partial charge < -0.3 is 24.2 Å². The zero-order chi connectivity index (χ0) is 33.7. The van der Waals surface area contributed by atoms with Gasteiger partial charge in [0.05, 0.1) is 11.3 Å². The lowest BCUT2D eigenvalue weighted by Crippen LogP contribution is -2.43. The van der Waals surface area contributed by atoms with Crippen molar-refractivity contribution in [1.82, 2.24) is 9.21 Å². The van der Waals surface area contributed by atoms with Crippen molar-refractivity contribution in [3.63, 3.8) is 0 Å². The molecule has 2 fully saturated rings. The summed E-state index contributed by atoms with van der Waals surface area (Å²) in [5.41, 5.74) is 5.23. The highest BCUT2D eigenvalue weighted by Gasteiger charge is 2.28. The van der Waals surface area contributed by atoms with Crippen LogP contribution in [0.1, 0.15) is 61.0 Å². The van der Waals surface area contributed by atoms with E-state index >= 15 is 0 Å². The van der Waals surface area contributed by atoms with Crippen molar-refractivity contribution in [3.05, 3.63) is 82.4 Å². The van der Waals surface area contributed by atoms with Crippen LogP contribution >= 0.6 is 35.5 Å². The summed E-state index contributed by atoms with van der Waals surface area (Å²) in [5.74, 6) is 0.128. The van der Waals surface area contributed by atoms with Gasteiger partial charge >= 0.3 is 6.09 Å². The van der Waals surface area contributed by atoms with Crippen molar-refractivity contribution < 1.29 is 14.3 Å². The zero-order valence-corrected chi connectivity index (χ0v) is 30.6. The molecule has 0 aromatic heterocycles. The average molecular weight is 696 g/mol. The fourth-order valence-electron chi connectivity index (χ4n) is 5.97. The van der Waals surface area contributed by atoms with Crippen LogP contribution in [0.15, 0.2) is 65.6 Å². The van der Waals surface area contributed by atoms with Crippen molar-refractivity contribution in [2.24, 2.45) is 0 Å². The minimum Gasteiger partial charge on any atom is -0.444 e. The van der Waals surface area contributed by atoms with E-state index in [2.05, 4.69) is 45.7 Å². The highest BCUT2D eigenvalue weighted by Crippen LogP contribution is 2.34. The van der Waals surface area contributed by atoms with E-state index in [1.165, 1.54) is 11.3 Å². The molecule has 5 rings (SSSR count). The molecule has 8 nitrogen and oxygen atoms in total. The second-order valence-electron chi connectivity index (χ2n) is 13.2. The Morgan fingerprint density at radius 2 is 1.62 bits per heavy atom. The quantitative estimate of drug-likeness (QED) is 0.235. The van der Waals surface area contributed by atoms with Gasteiger partial charge in [-0.05, 0) is 124 Å². The molecule has 3 aromatic rings. The molecule has 0 atom stereocenters. The van der Waals surface area contributed by atoms with Gasteiger partial charge in [0.25, 0.3) is 5.91 Å². The molecule has 47 heavy (non-hydrogen) atoms. The van der Waals surface area contributed by atoms with Crippen LogP contribution in [0.3, 0.4) is 0 Å². The number of benzene rings is 3. The molecule has 2 aliphatic rings. The number of piperazine rings is 1. The fourth-order valence-corrected chi connectivity index (χ4v) is 7.51. The van der Waals surface area contributed by atoms with E-state index < -0.39 is 5.60 Å². The molecule has 2 saturated heterocycles. The Morgan fingerprint density at radius 3 is 2.23 bits per heavy atom. The Bertz CT molecular complexity index is 1530. The normalized spacial score (nSPS) is 16.2. The second-order valence-corrected chi connectivity index (χ2v) is 15.7. The van der Waals surface area contributed by atoms with Gasteiger partial charge in [-0.1, -0.05) is 29.6 Å². The lowest BCUT2D eigenvalue weighted by atomic mass is 9.88. The van der Waals surface area contributed by atoms with Gasteiger partial charge in [-0.2, -0.15) is 0 Å². The van der Waals surface area contributed by atoms with Crippen LogP contribution in [0.5, 0.6) is 0 Å². The predicted molar refractivity (Wildman–Crippen MR) is 198 cm³/mol. The number of halogens is 1. The third-order valence-corrected chi connectivity index (χ3v) is 10.5. The third-order valence-electron chi connectivity index (χ3n) is 8.47. The Kier molecular flexibility index (Phi) is 11.6. The molecule has 252 valence electrons. The predicted octanol–water partition coefficient (Wildman–Crippen LogP) is 8.56. The van der Waals surface area contributed by atoms with Gasteiger partial charge in [-0.15, -0.1) is 0 Å². The average Bonchev–Trinajstić information content (AvgIpc) is 3.04. The number of hydrogen-bond donors (Lipinski definition) is 1. The Balaban J connectivity index is 1.19. The number of hydrogen-bond acceptors (Lipinski definition) is 8. The zero-order valence-electron chi connectivity index (χ0n) is 28.2. The van der Waals surface area contributed by atoms with Gasteiger partial charge in [-0.25, -0.2) is 9.10 Å². The maximum Gasteiger partial charge on any atom is 0.410 e. The molecule has 2 heterocycles. The van der Waals surface area contributed by atoms with E-state index in [4.69, 9.17) is 16.3 Å². The summed E-state index contributed by atoms with van der Waals surface area (Å²) in [7, 11) is 1.97. The van der Waals surface area contributed by atoms with Crippen LogP contribution in [0.4, 0.5) is 21.9 Å². The minimum atomic E-state index is -0.511. The summed E-state index contributed by atoms with van der Waals surface area (Å²) in [6.45, 7) is 12.8. The first-order valence-electron chi connectivity index (χ1n) is 16.1. The van der Waals surface area contributed by atoms with Crippen LogP contribution in [0.25, 0.3) is 0 Å². The van der Waals surface area contributed by atoms with Gasteiger partial charge in [0.15, 0.2) is 0 Å². The van der Waals surface area contributed by atoms with Crippen molar-refractivity contribution >= 4 is 64.6 Å². The molecule has 1 N–H and O–H groups in total. The van der Waals surface area contributed by atoms with E-state index in [9.17, 15) is 9.59 Å². The number of rotatable bonds is 8. The SMILES string of the molecule is CSN(C)c1ccc(C2CCN(C(=O)OC(C)(C)C)CC2)cc1C(=O)Nc1ccc(SN2CCN(c3cc(C)cc(Cl)c3)CC2)cc1. The lowest BCUT2D eigenvalue weighted by molar-refractivity contribution is 0.0205. The number of anilines is 3. The summed E-state index contributed by atoms with van der Waals surface area (Å²) in [4.78, 5) is 31.6. The number of aryl methyl sites for hydroxylation is 1. The topological polar surface area (TPSA) is 68.4 Å². The molecule has 2 amide bonds. The standard InChI is InChI=1S/C36H46ClN5O3S2/c1-25-21-28(37)24-30(22-25)40-17-19-42(20-18-40)47-31-10-8-29(9-11-31)38-34(43)32-23-27(7-12-33(32)39(5)46-6)26-13-15-41(16-14-26)35(44)45-36(2,3)4/h7-12,21-24,26H,13-20H2,1-6H3,(H,38,43). The summed E-state index contributed by atoms with van der Waals surface area (Å²) >= 11 is 9.61. The molecule has 0 spiro atoms. The maximum absolute atomic E-state index is 13.7. The molecule has 11 heteroatoms. The van der Waals surface area contributed by atoms with E-state index in [1.807, 2.05) is 74.8 Å². The third kappa shape index (κ3) is 9.53. The number of ether oxygens (including phenoxy) is 1. The van der Waals surface area contributed by atoms with Crippen LogP contribution in [-0.2, 0) is 4.74 Å². The Morgan fingerprint density at radius 1 is 0.936 bits per heavy atom. The monoisotopic (exact) mass is 695 g/mol. The molecule has 3 aromatic carbocycles. The molecular weight excluding hydrogens is 650 g/mol. The fraction of sp³-hybridized carbons (Fsp3) is 0.444. The summed E-state index contributed by atoms with van der Waals surface area (Å²) in [5, 5.41) is 3.91. The molecule has 0 aliphatic carbocycles. The molecule has 0 saturated carbocycles. The molecule has 2 aliphatic heterocycles. The van der Waals surface area contributed by atoms with Crippen molar-refractivity contribution in [2.45, 2.75) is 57.0 Å². The van der Waals surface area contributed by atoms with Crippen LogP contribution in [0, 0.1) is 6.92 Å². The van der Waals surface area contributed by atoms with Crippen LogP contribution in [-0.4, -0.2) is 79.4 Å². The van der Waals surface area contributed by atoms with Gasteiger partial charge in [0.1, 0.15) is 5.60 Å². The van der Waals surface area contributed by atoms with E-state index in [0.29, 0.717) is 18.7 Å². The first kappa shape index (κ1) is 35.3. The second kappa shape index (κ2) is 15.4. The summed E-state index contributed by atoms with van der Waals surface area (Å²) in [6, 6.07) is 20.5. The number of likely N-dealkylation sites (tertiary alicyclic amines) is 1. The van der Waals surface area contributed by atoms with Crippen LogP contribution < -0.4 is 14.5 Å².